The van der Waals surface area contributed by atoms with Crippen molar-refractivity contribution in [1.82, 2.24) is 0 Å². The minimum atomic E-state index is -0.433. The number of halogens is 2. The van der Waals surface area contributed by atoms with E-state index in [1.807, 2.05) is 12.1 Å². The van der Waals surface area contributed by atoms with E-state index in [2.05, 4.69) is 27.3 Å². The first-order valence-electron chi connectivity index (χ1n) is 7.03. The fraction of sp³-hybridized carbons (Fsp3) is 0.235. The van der Waals surface area contributed by atoms with E-state index >= 15 is 0 Å². The van der Waals surface area contributed by atoms with E-state index < -0.39 is 5.82 Å². The molecule has 1 aliphatic rings. The van der Waals surface area contributed by atoms with Gasteiger partial charge in [0.1, 0.15) is 5.82 Å². The van der Waals surface area contributed by atoms with Crippen LogP contribution >= 0.6 is 15.9 Å². The Hall–Kier alpha value is -1.68. The summed E-state index contributed by atoms with van der Waals surface area (Å²) in [6.45, 7) is 0. The fourth-order valence-corrected chi connectivity index (χ4v) is 3.21. The SMILES string of the molecule is O=C(Nc1cccc2c1CCCC2)c1cccc(F)c1Br. The first kappa shape index (κ1) is 14.3. The first-order chi connectivity index (χ1) is 10.2. The Bertz CT molecular complexity index is 699. The Morgan fingerprint density at radius 2 is 1.86 bits per heavy atom. The predicted octanol–water partition coefficient (Wildman–Crippen LogP) is 4.72. The average molecular weight is 348 g/mol. The molecule has 1 aliphatic carbocycles. The van der Waals surface area contributed by atoms with Crippen molar-refractivity contribution in [3.8, 4) is 0 Å². The first-order valence-corrected chi connectivity index (χ1v) is 7.82. The van der Waals surface area contributed by atoms with Crippen molar-refractivity contribution in [3.63, 3.8) is 0 Å². The molecule has 2 aromatic carbocycles. The molecule has 0 bridgehead atoms. The molecule has 1 N–H and O–H groups in total. The number of amides is 1. The van der Waals surface area contributed by atoms with E-state index in [0.29, 0.717) is 5.56 Å². The van der Waals surface area contributed by atoms with E-state index in [1.54, 1.807) is 6.07 Å². The van der Waals surface area contributed by atoms with Crippen molar-refractivity contribution in [3.05, 3.63) is 63.4 Å². The van der Waals surface area contributed by atoms with Gasteiger partial charge in [-0.25, -0.2) is 4.39 Å². The minimum Gasteiger partial charge on any atom is -0.322 e. The van der Waals surface area contributed by atoms with Crippen LogP contribution in [-0.4, -0.2) is 5.91 Å². The highest BCUT2D eigenvalue weighted by atomic mass is 79.9. The lowest BCUT2D eigenvalue weighted by Crippen LogP contribution is -2.16. The molecular formula is C17H15BrFNO. The number of aryl methyl sites for hydroxylation is 1. The van der Waals surface area contributed by atoms with Crippen LogP contribution in [0.5, 0.6) is 0 Å². The molecule has 0 fully saturated rings. The molecule has 3 rings (SSSR count). The van der Waals surface area contributed by atoms with Gasteiger partial charge in [-0.2, -0.15) is 0 Å². The van der Waals surface area contributed by atoms with Crippen LogP contribution in [0, 0.1) is 5.82 Å². The zero-order valence-corrected chi connectivity index (χ0v) is 13.0. The van der Waals surface area contributed by atoms with Crippen molar-refractivity contribution in [2.75, 3.05) is 5.32 Å². The van der Waals surface area contributed by atoms with Crippen molar-refractivity contribution in [2.45, 2.75) is 25.7 Å². The molecule has 108 valence electrons. The Balaban J connectivity index is 1.90. The summed E-state index contributed by atoms with van der Waals surface area (Å²) in [4.78, 5) is 12.4. The van der Waals surface area contributed by atoms with Crippen molar-refractivity contribution in [2.24, 2.45) is 0 Å². The number of fused-ring (bicyclic) bond motifs is 1. The van der Waals surface area contributed by atoms with Gasteiger partial charge < -0.3 is 5.32 Å². The quantitative estimate of drug-likeness (QED) is 0.836. The third-order valence-corrected chi connectivity index (χ3v) is 4.65. The average Bonchev–Trinajstić information content (AvgIpc) is 2.50. The molecule has 4 heteroatoms. The van der Waals surface area contributed by atoms with Crippen molar-refractivity contribution in [1.29, 1.82) is 0 Å². The highest BCUT2D eigenvalue weighted by molar-refractivity contribution is 9.10. The lowest BCUT2D eigenvalue weighted by atomic mass is 9.90. The van der Waals surface area contributed by atoms with Crippen LogP contribution < -0.4 is 5.32 Å². The third kappa shape index (κ3) is 2.86. The van der Waals surface area contributed by atoms with Gasteiger partial charge in [-0.3, -0.25) is 4.79 Å². The summed E-state index contributed by atoms with van der Waals surface area (Å²) in [6.07, 6.45) is 4.38. The van der Waals surface area contributed by atoms with Gasteiger partial charge in [-0.15, -0.1) is 0 Å². The second kappa shape index (κ2) is 5.98. The van der Waals surface area contributed by atoms with E-state index in [1.165, 1.54) is 29.7 Å². The molecule has 0 heterocycles. The molecule has 0 saturated carbocycles. The standard InChI is InChI=1S/C17H15BrFNO/c18-16-13(8-4-9-14(16)19)17(21)20-15-10-3-6-11-5-1-2-7-12(11)15/h3-4,6,8-10H,1-2,5,7H2,(H,20,21). The smallest absolute Gasteiger partial charge is 0.256 e. The Morgan fingerprint density at radius 3 is 2.71 bits per heavy atom. The van der Waals surface area contributed by atoms with Crippen LogP contribution in [0.3, 0.4) is 0 Å². The molecule has 1 amide bonds. The Kier molecular flexibility index (Phi) is 4.06. The molecule has 2 aromatic rings. The second-order valence-corrected chi connectivity index (χ2v) is 6.00. The Morgan fingerprint density at radius 1 is 1.10 bits per heavy atom. The Labute approximate surface area is 131 Å². The van der Waals surface area contributed by atoms with Gasteiger partial charge in [0, 0.05) is 5.69 Å². The molecule has 0 atom stereocenters. The highest BCUT2D eigenvalue weighted by Gasteiger charge is 2.17. The van der Waals surface area contributed by atoms with E-state index in [9.17, 15) is 9.18 Å². The minimum absolute atomic E-state index is 0.201. The highest BCUT2D eigenvalue weighted by Crippen LogP contribution is 2.29. The van der Waals surface area contributed by atoms with Gasteiger partial charge in [0.05, 0.1) is 10.0 Å². The number of hydrogen-bond acceptors (Lipinski definition) is 1. The van der Waals surface area contributed by atoms with Gasteiger partial charge in [0.15, 0.2) is 0 Å². The van der Waals surface area contributed by atoms with Crippen LogP contribution in [0.4, 0.5) is 10.1 Å². The van der Waals surface area contributed by atoms with Gasteiger partial charge in [0.25, 0.3) is 5.91 Å². The van der Waals surface area contributed by atoms with Gasteiger partial charge in [-0.05, 0) is 70.9 Å². The van der Waals surface area contributed by atoms with Crippen LogP contribution in [0.15, 0.2) is 40.9 Å². The maximum Gasteiger partial charge on any atom is 0.256 e. The number of hydrogen-bond donors (Lipinski definition) is 1. The van der Waals surface area contributed by atoms with E-state index in [0.717, 1.165) is 24.9 Å². The lowest BCUT2D eigenvalue weighted by Gasteiger charge is -2.19. The largest absolute Gasteiger partial charge is 0.322 e. The predicted molar refractivity (Wildman–Crippen MR) is 85.1 cm³/mol. The molecule has 0 aromatic heterocycles. The number of nitrogens with one attached hydrogen (secondary N) is 1. The number of benzene rings is 2. The molecule has 0 unspecified atom stereocenters. The van der Waals surface area contributed by atoms with Gasteiger partial charge >= 0.3 is 0 Å². The molecule has 21 heavy (non-hydrogen) atoms. The number of carbonyl (C=O) groups is 1. The molecule has 0 spiro atoms. The number of anilines is 1. The van der Waals surface area contributed by atoms with Crippen molar-refractivity contribution < 1.29 is 9.18 Å². The molecule has 0 radical (unpaired) electrons. The summed E-state index contributed by atoms with van der Waals surface area (Å²) in [5, 5.41) is 2.92. The molecule has 0 aliphatic heterocycles. The van der Waals surface area contributed by atoms with E-state index in [4.69, 9.17) is 0 Å². The van der Waals surface area contributed by atoms with Gasteiger partial charge in [-0.1, -0.05) is 18.2 Å². The van der Waals surface area contributed by atoms with E-state index in [-0.39, 0.29) is 10.4 Å². The molecule has 2 nitrogen and oxygen atoms in total. The topological polar surface area (TPSA) is 29.1 Å². The van der Waals surface area contributed by atoms with Crippen LogP contribution in [0.2, 0.25) is 0 Å². The zero-order valence-electron chi connectivity index (χ0n) is 11.5. The van der Waals surface area contributed by atoms with Gasteiger partial charge in [0.2, 0.25) is 0 Å². The van der Waals surface area contributed by atoms with Crippen LogP contribution in [0.1, 0.15) is 34.3 Å². The third-order valence-electron chi connectivity index (χ3n) is 3.84. The monoisotopic (exact) mass is 347 g/mol. The summed E-state index contributed by atoms with van der Waals surface area (Å²) in [5.41, 5.74) is 3.67. The molecule has 0 saturated heterocycles. The number of rotatable bonds is 2. The summed E-state index contributed by atoms with van der Waals surface area (Å²) in [6, 6.07) is 10.5. The second-order valence-electron chi connectivity index (χ2n) is 5.21. The summed E-state index contributed by atoms with van der Waals surface area (Å²) in [5.74, 6) is -0.724. The van der Waals surface area contributed by atoms with Crippen LogP contribution in [0.25, 0.3) is 0 Å². The maximum atomic E-state index is 13.5. The zero-order chi connectivity index (χ0) is 14.8. The number of carbonyl (C=O) groups excluding carboxylic acids is 1. The van der Waals surface area contributed by atoms with Crippen LogP contribution in [-0.2, 0) is 12.8 Å². The summed E-state index contributed by atoms with van der Waals surface area (Å²) < 4.78 is 13.7. The maximum absolute atomic E-state index is 13.5. The summed E-state index contributed by atoms with van der Waals surface area (Å²) >= 11 is 3.13. The fourth-order valence-electron chi connectivity index (χ4n) is 2.77. The summed E-state index contributed by atoms with van der Waals surface area (Å²) in [7, 11) is 0. The lowest BCUT2D eigenvalue weighted by molar-refractivity contribution is 0.102. The van der Waals surface area contributed by atoms with Crippen molar-refractivity contribution >= 4 is 27.5 Å². The molecular weight excluding hydrogens is 333 g/mol. The normalized spacial score (nSPS) is 13.6.